The summed E-state index contributed by atoms with van der Waals surface area (Å²) < 4.78 is 24.8. The minimum absolute atomic E-state index is 0.194. The van der Waals surface area contributed by atoms with E-state index in [1.165, 1.54) is 12.5 Å². The molecule has 3 rings (SSSR count). The van der Waals surface area contributed by atoms with Crippen LogP contribution in [0.25, 0.3) is 0 Å². The number of oxazole rings is 1. The Morgan fingerprint density at radius 3 is 2.77 bits per heavy atom. The number of hydrogen-bond donors (Lipinski definition) is 0. The van der Waals surface area contributed by atoms with Crippen LogP contribution in [0, 0.1) is 12.7 Å². The van der Waals surface area contributed by atoms with E-state index in [0.29, 0.717) is 12.2 Å². The molecule has 1 aliphatic heterocycles. The summed E-state index contributed by atoms with van der Waals surface area (Å²) in [6, 6.07) is 6.78. The quantitative estimate of drug-likeness (QED) is 0.849. The number of benzene rings is 1. The van der Waals surface area contributed by atoms with Crippen LogP contribution in [0.1, 0.15) is 29.9 Å². The summed E-state index contributed by atoms with van der Waals surface area (Å²) in [5.74, 6) is 0.742. The maximum atomic E-state index is 13.6. The molecule has 1 fully saturated rings. The fourth-order valence-electron chi connectivity index (χ4n) is 2.74. The Balaban J connectivity index is 1.44. The number of likely N-dealkylation sites (tertiary alicyclic amines) is 1. The first-order chi connectivity index (χ1) is 10.7. The highest BCUT2D eigenvalue weighted by Gasteiger charge is 2.21. The minimum atomic E-state index is -0.194. The normalized spacial score (nSPS) is 17.0. The van der Waals surface area contributed by atoms with Gasteiger partial charge in [0, 0.05) is 18.7 Å². The van der Waals surface area contributed by atoms with Crippen molar-refractivity contribution in [1.82, 2.24) is 9.88 Å². The molecule has 1 saturated heterocycles. The Labute approximate surface area is 129 Å². The SMILES string of the molecule is Cc1ncoc1CN1CCC(OCc2ccccc2F)CC1. The lowest BCUT2D eigenvalue weighted by atomic mass is 10.1. The maximum Gasteiger partial charge on any atom is 0.181 e. The zero-order valence-electron chi connectivity index (χ0n) is 12.8. The van der Waals surface area contributed by atoms with Crippen molar-refractivity contribution in [2.24, 2.45) is 0 Å². The number of halogens is 1. The molecule has 0 saturated carbocycles. The van der Waals surface area contributed by atoms with Gasteiger partial charge in [0.25, 0.3) is 0 Å². The lowest BCUT2D eigenvalue weighted by molar-refractivity contribution is -0.00601. The summed E-state index contributed by atoms with van der Waals surface area (Å²) in [5, 5.41) is 0. The van der Waals surface area contributed by atoms with Crippen LogP contribution in [-0.4, -0.2) is 29.1 Å². The summed E-state index contributed by atoms with van der Waals surface area (Å²) in [7, 11) is 0. The number of aryl methyl sites for hydroxylation is 1. The highest BCUT2D eigenvalue weighted by molar-refractivity contribution is 5.16. The van der Waals surface area contributed by atoms with Crippen LogP contribution in [0.4, 0.5) is 4.39 Å². The number of aromatic nitrogens is 1. The summed E-state index contributed by atoms with van der Waals surface area (Å²) in [4.78, 5) is 6.46. The Bertz CT molecular complexity index is 606. The fraction of sp³-hybridized carbons (Fsp3) is 0.471. The van der Waals surface area contributed by atoms with Crippen molar-refractivity contribution >= 4 is 0 Å². The number of ether oxygens (including phenoxy) is 1. The molecule has 1 aromatic heterocycles. The standard InChI is InChI=1S/C17H21FN2O2/c1-13-17(22-12-19-13)10-20-8-6-15(7-9-20)21-11-14-4-2-3-5-16(14)18/h2-5,12,15H,6-11H2,1H3. The molecule has 0 amide bonds. The Morgan fingerprint density at radius 2 is 2.09 bits per heavy atom. The smallest absolute Gasteiger partial charge is 0.181 e. The summed E-state index contributed by atoms with van der Waals surface area (Å²) >= 11 is 0. The fourth-order valence-corrected chi connectivity index (χ4v) is 2.74. The first-order valence-corrected chi connectivity index (χ1v) is 7.68. The predicted octanol–water partition coefficient (Wildman–Crippen LogP) is 3.30. The second-order valence-electron chi connectivity index (χ2n) is 5.74. The lowest BCUT2D eigenvalue weighted by Gasteiger charge is -2.31. The van der Waals surface area contributed by atoms with Crippen LogP contribution < -0.4 is 0 Å². The molecule has 22 heavy (non-hydrogen) atoms. The Morgan fingerprint density at radius 1 is 1.32 bits per heavy atom. The van der Waals surface area contributed by atoms with Crippen molar-refractivity contribution in [3.8, 4) is 0 Å². The molecule has 0 spiro atoms. The van der Waals surface area contributed by atoms with E-state index < -0.39 is 0 Å². The molecule has 1 aliphatic rings. The van der Waals surface area contributed by atoms with Crippen molar-refractivity contribution in [3.63, 3.8) is 0 Å². The molecule has 0 bridgehead atoms. The van der Waals surface area contributed by atoms with Gasteiger partial charge in [0.1, 0.15) is 11.6 Å². The zero-order chi connectivity index (χ0) is 15.4. The summed E-state index contributed by atoms with van der Waals surface area (Å²) in [6.45, 7) is 5.03. The van der Waals surface area contributed by atoms with E-state index in [2.05, 4.69) is 9.88 Å². The largest absolute Gasteiger partial charge is 0.447 e. The topological polar surface area (TPSA) is 38.5 Å². The van der Waals surface area contributed by atoms with Crippen molar-refractivity contribution in [2.75, 3.05) is 13.1 Å². The third kappa shape index (κ3) is 3.72. The monoisotopic (exact) mass is 304 g/mol. The number of nitrogens with zero attached hydrogens (tertiary/aromatic N) is 2. The van der Waals surface area contributed by atoms with Gasteiger partial charge in [-0.2, -0.15) is 0 Å². The van der Waals surface area contributed by atoms with Crippen LogP contribution in [0.5, 0.6) is 0 Å². The van der Waals surface area contributed by atoms with Gasteiger partial charge in [-0.1, -0.05) is 18.2 Å². The van der Waals surface area contributed by atoms with Gasteiger partial charge in [-0.25, -0.2) is 9.37 Å². The van der Waals surface area contributed by atoms with Crippen LogP contribution in [0.2, 0.25) is 0 Å². The second kappa shape index (κ2) is 7.03. The van der Waals surface area contributed by atoms with E-state index in [1.807, 2.05) is 13.0 Å². The minimum Gasteiger partial charge on any atom is -0.447 e. The Kier molecular flexibility index (Phi) is 4.85. The van der Waals surface area contributed by atoms with Gasteiger partial charge >= 0.3 is 0 Å². The summed E-state index contributed by atoms with van der Waals surface area (Å²) in [6.07, 6.45) is 3.62. The molecule has 0 radical (unpaired) electrons. The van der Waals surface area contributed by atoms with Gasteiger partial charge in [-0.15, -0.1) is 0 Å². The van der Waals surface area contributed by atoms with Gasteiger partial charge < -0.3 is 9.15 Å². The van der Waals surface area contributed by atoms with Crippen LogP contribution in [0.15, 0.2) is 35.1 Å². The highest BCUT2D eigenvalue weighted by Crippen LogP contribution is 2.19. The average Bonchev–Trinajstić information content (AvgIpc) is 2.93. The number of piperidine rings is 1. The molecule has 0 unspecified atom stereocenters. The van der Waals surface area contributed by atoms with E-state index in [1.54, 1.807) is 12.1 Å². The Hall–Kier alpha value is -1.72. The molecule has 2 aromatic rings. The molecule has 0 atom stereocenters. The molecule has 2 heterocycles. The zero-order valence-corrected chi connectivity index (χ0v) is 12.8. The van der Waals surface area contributed by atoms with E-state index in [-0.39, 0.29) is 11.9 Å². The predicted molar refractivity (Wildman–Crippen MR) is 80.7 cm³/mol. The van der Waals surface area contributed by atoms with Gasteiger partial charge in [-0.05, 0) is 25.8 Å². The van der Waals surface area contributed by atoms with Crippen molar-refractivity contribution in [2.45, 2.75) is 39.0 Å². The molecule has 0 N–H and O–H groups in total. The molecule has 1 aromatic carbocycles. The number of hydrogen-bond acceptors (Lipinski definition) is 4. The molecule has 5 heteroatoms. The average molecular weight is 304 g/mol. The second-order valence-corrected chi connectivity index (χ2v) is 5.74. The van der Waals surface area contributed by atoms with Crippen molar-refractivity contribution < 1.29 is 13.5 Å². The third-order valence-electron chi connectivity index (χ3n) is 4.18. The van der Waals surface area contributed by atoms with Crippen molar-refractivity contribution in [3.05, 3.63) is 53.5 Å². The first kappa shape index (κ1) is 15.2. The van der Waals surface area contributed by atoms with E-state index in [9.17, 15) is 4.39 Å². The van der Waals surface area contributed by atoms with E-state index in [0.717, 1.165) is 43.9 Å². The highest BCUT2D eigenvalue weighted by atomic mass is 19.1. The van der Waals surface area contributed by atoms with E-state index in [4.69, 9.17) is 9.15 Å². The van der Waals surface area contributed by atoms with Crippen molar-refractivity contribution in [1.29, 1.82) is 0 Å². The molecule has 4 nitrogen and oxygen atoms in total. The maximum absolute atomic E-state index is 13.6. The molecule has 118 valence electrons. The van der Waals surface area contributed by atoms with Gasteiger partial charge in [0.2, 0.25) is 0 Å². The van der Waals surface area contributed by atoms with Crippen LogP contribution in [0.3, 0.4) is 0 Å². The van der Waals surface area contributed by atoms with Gasteiger partial charge in [0.05, 0.1) is 24.9 Å². The van der Waals surface area contributed by atoms with Crippen LogP contribution >= 0.6 is 0 Å². The number of rotatable bonds is 5. The molecule has 0 aliphatic carbocycles. The van der Waals surface area contributed by atoms with Crippen LogP contribution in [-0.2, 0) is 17.9 Å². The molecular formula is C17H21FN2O2. The molecular weight excluding hydrogens is 283 g/mol. The third-order valence-corrected chi connectivity index (χ3v) is 4.18. The first-order valence-electron chi connectivity index (χ1n) is 7.68. The van der Waals surface area contributed by atoms with Gasteiger partial charge in [-0.3, -0.25) is 4.90 Å². The summed E-state index contributed by atoms with van der Waals surface area (Å²) in [5.41, 5.74) is 1.58. The van der Waals surface area contributed by atoms with Gasteiger partial charge in [0.15, 0.2) is 6.39 Å². The van der Waals surface area contributed by atoms with E-state index >= 15 is 0 Å². The lowest BCUT2D eigenvalue weighted by Crippen LogP contribution is -2.36.